The number of halogens is 3. The Hall–Kier alpha value is -5.84. The van der Waals surface area contributed by atoms with E-state index in [1.807, 2.05) is 24.3 Å². The van der Waals surface area contributed by atoms with Gasteiger partial charge in [0.05, 0.1) is 65.5 Å². The minimum Gasteiger partial charge on any atom is -0.374 e. The maximum atomic E-state index is 15.5. The second kappa shape index (κ2) is 17.0. The Morgan fingerprint density at radius 2 is 1.94 bits per heavy atom. The van der Waals surface area contributed by atoms with Gasteiger partial charge in [-0.25, -0.2) is 22.7 Å². The lowest BCUT2D eigenvalue weighted by Gasteiger charge is -2.38. The molecule has 5 fully saturated rings. The molecule has 2 N–H and O–H groups in total. The molecule has 1 unspecified atom stereocenters. The van der Waals surface area contributed by atoms with Crippen LogP contribution in [0.1, 0.15) is 97.1 Å². The largest absolute Gasteiger partial charge is 0.374 e. The van der Waals surface area contributed by atoms with Gasteiger partial charge in [0.15, 0.2) is 11.3 Å². The number of likely N-dealkylation sites (tertiary alicyclic amines) is 1. The lowest BCUT2D eigenvalue weighted by Crippen LogP contribution is -2.47. The molecule has 10 rings (SSSR count). The molecule has 4 aliphatic heterocycles. The number of nitrogens with zero attached hydrogens (tertiary/aromatic N) is 9. The maximum absolute atomic E-state index is 15.5. The van der Waals surface area contributed by atoms with Crippen LogP contribution < -0.4 is 15.5 Å². The van der Waals surface area contributed by atoms with Gasteiger partial charge in [-0.2, -0.15) is 15.3 Å². The predicted molar refractivity (Wildman–Crippen MR) is 223 cm³/mol. The normalized spacial score (nSPS) is 26.4. The number of para-hydroxylation sites is 1. The zero-order valence-electron chi connectivity index (χ0n) is 34.8. The van der Waals surface area contributed by atoms with Gasteiger partial charge in [0.1, 0.15) is 24.2 Å². The average Bonchev–Trinajstić information content (AvgIpc) is 4.13. The molecule has 3 amide bonds. The number of carbonyl (C=O) groups excluding carboxylic acids is 3. The summed E-state index contributed by atoms with van der Waals surface area (Å²) in [6.45, 7) is 3.10. The molecular formula is C44H48F3N11O5. The third kappa shape index (κ3) is 8.15. The Balaban J connectivity index is 0.706. The van der Waals surface area contributed by atoms with Crippen molar-refractivity contribution in [2.24, 2.45) is 13.0 Å². The molecule has 0 spiro atoms. The number of fused-ring (bicyclic) bond motifs is 4. The molecule has 16 nitrogen and oxygen atoms in total. The molecule has 1 aliphatic carbocycles. The molecule has 0 radical (unpaired) electrons. The Labute approximate surface area is 360 Å². The summed E-state index contributed by atoms with van der Waals surface area (Å²) in [5.74, 6) is 5.48. The monoisotopic (exact) mass is 867 g/mol. The molecule has 1 aromatic carbocycles. The van der Waals surface area contributed by atoms with Gasteiger partial charge >= 0.3 is 0 Å². The molecule has 63 heavy (non-hydrogen) atoms. The highest BCUT2D eigenvalue weighted by atomic mass is 19.3. The van der Waals surface area contributed by atoms with Crippen LogP contribution in [0, 0.1) is 17.8 Å². The van der Waals surface area contributed by atoms with E-state index in [2.05, 4.69) is 47.6 Å². The summed E-state index contributed by atoms with van der Waals surface area (Å²) in [7, 11) is 1.79. The van der Waals surface area contributed by atoms with Crippen LogP contribution >= 0.6 is 0 Å². The SMILES string of the molecule is Cn1nc(C2CCC(=O)NC2=O)c2cccc(C#CCO[C@@H]3CCN(CC4CCC(n5cc(NC(=O)c6cnn7ccc(N8C[C@H]9C[C@@H]8CO9)nc67)c(C(F)F)n5)CC4)C[C@H]3F)c21. The number of hydrogen-bond donors (Lipinski definition) is 2. The van der Waals surface area contributed by atoms with E-state index in [4.69, 9.17) is 14.5 Å². The van der Waals surface area contributed by atoms with Crippen LogP contribution in [-0.2, 0) is 26.1 Å². The smallest absolute Gasteiger partial charge is 0.284 e. The summed E-state index contributed by atoms with van der Waals surface area (Å²) in [6.07, 6.45) is 5.38. The lowest BCUT2D eigenvalue weighted by molar-refractivity contribution is -0.134. The minimum atomic E-state index is -2.89. The molecule has 4 saturated heterocycles. The van der Waals surface area contributed by atoms with E-state index < -0.39 is 36.2 Å². The first-order chi connectivity index (χ1) is 30.6. The van der Waals surface area contributed by atoms with Crippen LogP contribution in [0.2, 0.25) is 0 Å². The summed E-state index contributed by atoms with van der Waals surface area (Å²) in [5.41, 5.74) is 2.08. The molecule has 5 atom stereocenters. The van der Waals surface area contributed by atoms with E-state index in [0.717, 1.165) is 43.3 Å². The number of imide groups is 1. The lowest BCUT2D eigenvalue weighted by atomic mass is 9.85. The first-order valence-corrected chi connectivity index (χ1v) is 21.7. The fourth-order valence-electron chi connectivity index (χ4n) is 10.1. The summed E-state index contributed by atoms with van der Waals surface area (Å²) in [6, 6.07) is 7.59. The van der Waals surface area contributed by atoms with Gasteiger partial charge in [-0.1, -0.05) is 24.0 Å². The topological polar surface area (TPSA) is 166 Å². The van der Waals surface area contributed by atoms with E-state index in [1.54, 1.807) is 22.6 Å². The fraction of sp³-hybridized carbons (Fsp3) is 0.523. The van der Waals surface area contributed by atoms with Gasteiger partial charge in [-0.15, -0.1) is 0 Å². The van der Waals surface area contributed by atoms with Gasteiger partial charge in [0.2, 0.25) is 11.8 Å². The molecular weight excluding hydrogens is 820 g/mol. The molecule has 8 heterocycles. The molecule has 5 aromatic rings. The summed E-state index contributed by atoms with van der Waals surface area (Å²) >= 11 is 0. The summed E-state index contributed by atoms with van der Waals surface area (Å²) in [4.78, 5) is 46.8. The van der Waals surface area contributed by atoms with Crippen molar-refractivity contribution < 1.29 is 37.0 Å². The van der Waals surface area contributed by atoms with E-state index in [-0.39, 0.29) is 60.8 Å². The zero-order chi connectivity index (χ0) is 43.4. The Bertz CT molecular complexity index is 2630. The molecule has 19 heteroatoms. The maximum Gasteiger partial charge on any atom is 0.284 e. The van der Waals surface area contributed by atoms with Gasteiger partial charge in [-0.3, -0.25) is 34.0 Å². The van der Waals surface area contributed by atoms with E-state index in [9.17, 15) is 23.2 Å². The van der Waals surface area contributed by atoms with Crippen LogP contribution in [0.15, 0.2) is 42.9 Å². The molecule has 2 bridgehead atoms. The number of alkyl halides is 3. The number of anilines is 2. The molecule has 5 aliphatic rings. The third-order valence-corrected chi connectivity index (χ3v) is 13.3. The van der Waals surface area contributed by atoms with Crippen molar-refractivity contribution in [1.29, 1.82) is 0 Å². The Morgan fingerprint density at radius 3 is 2.70 bits per heavy atom. The van der Waals surface area contributed by atoms with Crippen molar-refractivity contribution >= 4 is 45.8 Å². The number of benzene rings is 1. The van der Waals surface area contributed by atoms with Crippen molar-refractivity contribution in [2.75, 3.05) is 49.6 Å². The second-order valence-corrected chi connectivity index (χ2v) is 17.4. The number of carbonyl (C=O) groups is 3. The van der Waals surface area contributed by atoms with E-state index >= 15 is 4.39 Å². The number of hydrogen-bond acceptors (Lipinski definition) is 11. The van der Waals surface area contributed by atoms with Crippen molar-refractivity contribution in [3.63, 3.8) is 0 Å². The second-order valence-electron chi connectivity index (χ2n) is 17.4. The fourth-order valence-corrected chi connectivity index (χ4v) is 10.1. The quantitative estimate of drug-likeness (QED) is 0.148. The van der Waals surface area contributed by atoms with Crippen LogP contribution in [0.25, 0.3) is 16.6 Å². The molecule has 1 saturated carbocycles. The highest BCUT2D eigenvalue weighted by Crippen LogP contribution is 2.37. The van der Waals surface area contributed by atoms with E-state index in [0.29, 0.717) is 67.5 Å². The highest BCUT2D eigenvalue weighted by molar-refractivity contribution is 6.08. The minimum absolute atomic E-state index is 0.0434. The first kappa shape index (κ1) is 41.2. The zero-order valence-corrected chi connectivity index (χ0v) is 34.8. The average molecular weight is 868 g/mol. The van der Waals surface area contributed by atoms with Crippen LogP contribution in [0.4, 0.5) is 24.7 Å². The number of piperidine rings is 2. The number of morpholine rings is 1. The number of aromatic nitrogens is 7. The number of rotatable bonds is 10. The van der Waals surface area contributed by atoms with E-state index in [1.165, 1.54) is 16.9 Å². The standard InChI is InChI=1S/C44H48F3N11O5/c1-54-40-26(4-2-6-30(40)38(52-54)31-11-12-37(59)51-43(31)60)5-3-17-62-35-13-15-55(22-33(35)45)20-25-7-9-27(10-8-25)58-23-34(39(53-58)41(46)47)49-44(61)32-19-48-57-16-14-36(50-42(32)57)56-21-29-18-28(56)24-63-29/h2,4,6,14,16,19,23,25,27-29,31,33,35,41H,7-13,15,17-18,20-22,24H2,1H3,(H,49,61)(H,51,59,60)/t25?,27?,28-,29-,31?,33-,35-/m1/s1. The Morgan fingerprint density at radius 1 is 1.08 bits per heavy atom. The third-order valence-electron chi connectivity index (χ3n) is 13.3. The van der Waals surface area contributed by atoms with Crippen molar-refractivity contribution in [1.82, 2.24) is 44.4 Å². The van der Waals surface area contributed by atoms with Gasteiger partial charge in [0, 0.05) is 57.4 Å². The van der Waals surface area contributed by atoms with Gasteiger partial charge in [-0.05, 0) is 63.0 Å². The number of ether oxygens (including phenoxy) is 2. The molecule has 4 aromatic heterocycles. The van der Waals surface area contributed by atoms with Gasteiger partial charge < -0.3 is 19.7 Å². The highest BCUT2D eigenvalue weighted by Gasteiger charge is 2.40. The molecule has 330 valence electrons. The number of nitrogens with one attached hydrogen (secondary N) is 2. The van der Waals surface area contributed by atoms with Gasteiger partial charge in [0.25, 0.3) is 12.3 Å². The summed E-state index contributed by atoms with van der Waals surface area (Å²) < 4.78 is 60.4. The van der Waals surface area contributed by atoms with Crippen molar-refractivity contribution in [2.45, 2.75) is 94.2 Å². The van der Waals surface area contributed by atoms with Crippen LogP contribution in [0.3, 0.4) is 0 Å². The Kier molecular flexibility index (Phi) is 11.1. The van der Waals surface area contributed by atoms with Crippen molar-refractivity contribution in [3.8, 4) is 11.8 Å². The van der Waals surface area contributed by atoms with Crippen molar-refractivity contribution in [3.05, 3.63) is 65.4 Å². The number of amides is 3. The first-order valence-electron chi connectivity index (χ1n) is 21.7. The summed E-state index contributed by atoms with van der Waals surface area (Å²) in [5, 5.41) is 19.0. The number of aryl methyl sites for hydroxylation is 1. The van der Waals surface area contributed by atoms with Crippen LogP contribution in [0.5, 0.6) is 0 Å². The van der Waals surface area contributed by atoms with Crippen LogP contribution in [-0.4, -0.2) is 121 Å². The predicted octanol–water partition coefficient (Wildman–Crippen LogP) is 4.71.